The van der Waals surface area contributed by atoms with Crippen LogP contribution in [0.2, 0.25) is 0 Å². The Bertz CT molecular complexity index is 900. The van der Waals surface area contributed by atoms with Crippen LogP contribution in [0.25, 0.3) is 23.0 Å². The number of rotatable bonds is 6. The van der Waals surface area contributed by atoms with E-state index in [1.54, 1.807) is 24.3 Å². The van der Waals surface area contributed by atoms with Gasteiger partial charge in [0.2, 0.25) is 5.82 Å². The highest BCUT2D eigenvalue weighted by molar-refractivity contribution is 5.70. The summed E-state index contributed by atoms with van der Waals surface area (Å²) in [4.78, 5) is 15.2. The summed E-state index contributed by atoms with van der Waals surface area (Å²) >= 11 is 0. The number of hydrogen-bond acceptors (Lipinski definition) is 8. The van der Waals surface area contributed by atoms with E-state index in [0.29, 0.717) is 23.6 Å². The average molecular weight is 356 g/mol. The standard InChI is InChI=1S/C17H16N4O5/c22-21(23)14-9-11(5-6-13(14)18-10-12-3-1-7-24-12)17-19-16(20-26-17)15-4-2-8-25-15/h2,4-6,8-9,12,18H,1,3,7,10H2/t12-/m0/s1. The molecule has 9 nitrogen and oxygen atoms in total. The molecule has 1 atom stereocenters. The third-order valence-corrected chi connectivity index (χ3v) is 4.15. The van der Waals surface area contributed by atoms with Crippen LogP contribution in [0.15, 0.2) is 45.5 Å². The predicted octanol–water partition coefficient (Wildman–Crippen LogP) is 3.50. The molecule has 1 fully saturated rings. The largest absolute Gasteiger partial charge is 0.461 e. The van der Waals surface area contributed by atoms with Gasteiger partial charge >= 0.3 is 0 Å². The molecule has 0 unspecified atom stereocenters. The van der Waals surface area contributed by atoms with Gasteiger partial charge in [0.05, 0.1) is 17.3 Å². The normalized spacial score (nSPS) is 16.7. The highest BCUT2D eigenvalue weighted by Crippen LogP contribution is 2.31. The van der Waals surface area contributed by atoms with Gasteiger partial charge in [0.25, 0.3) is 11.6 Å². The molecule has 4 rings (SSSR count). The number of nitro groups is 1. The van der Waals surface area contributed by atoms with Crippen molar-refractivity contribution in [3.63, 3.8) is 0 Å². The SMILES string of the molecule is O=[N+]([O-])c1cc(-c2nc(-c3ccco3)no2)ccc1NC[C@@H]1CCCO1. The Labute approximate surface area is 148 Å². The van der Waals surface area contributed by atoms with Gasteiger partial charge in [-0.05, 0) is 37.1 Å². The maximum absolute atomic E-state index is 11.4. The summed E-state index contributed by atoms with van der Waals surface area (Å²) in [7, 11) is 0. The van der Waals surface area contributed by atoms with Crippen molar-refractivity contribution in [2.24, 2.45) is 0 Å². The zero-order valence-corrected chi connectivity index (χ0v) is 13.8. The molecule has 1 aliphatic heterocycles. The van der Waals surface area contributed by atoms with E-state index in [0.717, 1.165) is 19.4 Å². The van der Waals surface area contributed by atoms with Crippen LogP contribution in [0.3, 0.4) is 0 Å². The van der Waals surface area contributed by atoms with Crippen LogP contribution in [0.1, 0.15) is 12.8 Å². The van der Waals surface area contributed by atoms with E-state index in [2.05, 4.69) is 15.5 Å². The molecule has 1 saturated heterocycles. The van der Waals surface area contributed by atoms with Crippen LogP contribution >= 0.6 is 0 Å². The fourth-order valence-corrected chi connectivity index (χ4v) is 2.84. The fraction of sp³-hybridized carbons (Fsp3) is 0.294. The lowest BCUT2D eigenvalue weighted by molar-refractivity contribution is -0.383. The van der Waals surface area contributed by atoms with E-state index < -0.39 is 4.92 Å². The molecular formula is C17H16N4O5. The quantitative estimate of drug-likeness (QED) is 0.527. The number of nitrogens with one attached hydrogen (secondary N) is 1. The summed E-state index contributed by atoms with van der Waals surface area (Å²) in [5, 5.41) is 18.4. The molecular weight excluding hydrogens is 340 g/mol. The molecule has 26 heavy (non-hydrogen) atoms. The number of hydrogen-bond donors (Lipinski definition) is 1. The highest BCUT2D eigenvalue weighted by atomic mass is 16.6. The first kappa shape index (κ1) is 16.3. The van der Waals surface area contributed by atoms with E-state index in [1.807, 2.05) is 0 Å². The summed E-state index contributed by atoms with van der Waals surface area (Å²) in [6, 6.07) is 8.17. The second kappa shape index (κ2) is 6.96. The summed E-state index contributed by atoms with van der Waals surface area (Å²) < 4.78 is 16.0. The molecule has 2 aromatic heterocycles. The van der Waals surface area contributed by atoms with Crippen LogP contribution in [0, 0.1) is 10.1 Å². The predicted molar refractivity (Wildman–Crippen MR) is 91.6 cm³/mol. The molecule has 1 aliphatic rings. The fourth-order valence-electron chi connectivity index (χ4n) is 2.84. The Kier molecular flexibility index (Phi) is 4.36. The van der Waals surface area contributed by atoms with Crippen molar-refractivity contribution < 1.29 is 18.6 Å². The van der Waals surface area contributed by atoms with Gasteiger partial charge in [0, 0.05) is 24.8 Å². The van der Waals surface area contributed by atoms with Crippen LogP contribution in [-0.2, 0) is 4.74 Å². The minimum atomic E-state index is -0.439. The van der Waals surface area contributed by atoms with Gasteiger partial charge in [0.15, 0.2) is 5.76 Å². The van der Waals surface area contributed by atoms with Crippen molar-refractivity contribution in [2.75, 3.05) is 18.5 Å². The second-order valence-corrected chi connectivity index (χ2v) is 5.91. The third-order valence-electron chi connectivity index (χ3n) is 4.15. The Morgan fingerprint density at radius 3 is 3.00 bits per heavy atom. The van der Waals surface area contributed by atoms with Crippen LogP contribution in [0.5, 0.6) is 0 Å². The van der Waals surface area contributed by atoms with Crippen molar-refractivity contribution in [1.82, 2.24) is 10.1 Å². The molecule has 0 radical (unpaired) electrons. The van der Waals surface area contributed by atoms with Crippen molar-refractivity contribution in [1.29, 1.82) is 0 Å². The molecule has 1 N–H and O–H groups in total. The topological polar surface area (TPSA) is 116 Å². The van der Waals surface area contributed by atoms with Crippen LogP contribution in [0.4, 0.5) is 11.4 Å². The highest BCUT2D eigenvalue weighted by Gasteiger charge is 2.21. The summed E-state index contributed by atoms with van der Waals surface area (Å²) in [6.45, 7) is 1.27. The number of aromatic nitrogens is 2. The maximum atomic E-state index is 11.4. The van der Waals surface area contributed by atoms with E-state index in [-0.39, 0.29) is 23.5 Å². The Morgan fingerprint density at radius 1 is 1.35 bits per heavy atom. The summed E-state index contributed by atoms with van der Waals surface area (Å²) in [5.74, 6) is 0.933. The number of benzene rings is 1. The Balaban J connectivity index is 1.57. The van der Waals surface area contributed by atoms with Gasteiger partial charge in [0.1, 0.15) is 5.69 Å². The Morgan fingerprint density at radius 2 is 2.27 bits per heavy atom. The van der Waals surface area contributed by atoms with Gasteiger partial charge in [-0.25, -0.2) is 0 Å². The van der Waals surface area contributed by atoms with Crippen molar-refractivity contribution >= 4 is 11.4 Å². The van der Waals surface area contributed by atoms with Crippen LogP contribution < -0.4 is 5.32 Å². The lowest BCUT2D eigenvalue weighted by Gasteiger charge is -2.12. The van der Waals surface area contributed by atoms with Gasteiger partial charge in [-0.3, -0.25) is 10.1 Å². The minimum Gasteiger partial charge on any atom is -0.461 e. The van der Waals surface area contributed by atoms with Crippen molar-refractivity contribution in [2.45, 2.75) is 18.9 Å². The number of furan rings is 1. The van der Waals surface area contributed by atoms with E-state index in [9.17, 15) is 10.1 Å². The first-order valence-electron chi connectivity index (χ1n) is 8.22. The lowest BCUT2D eigenvalue weighted by Crippen LogP contribution is -2.18. The molecule has 3 aromatic rings. The number of anilines is 1. The molecule has 134 valence electrons. The van der Waals surface area contributed by atoms with Gasteiger partial charge in [-0.1, -0.05) is 5.16 Å². The Hall–Kier alpha value is -3.20. The smallest absolute Gasteiger partial charge is 0.293 e. The van der Waals surface area contributed by atoms with E-state index >= 15 is 0 Å². The molecule has 0 bridgehead atoms. The minimum absolute atomic E-state index is 0.0572. The first-order valence-corrected chi connectivity index (χ1v) is 8.22. The average Bonchev–Trinajstić information content (AvgIpc) is 3.41. The van der Waals surface area contributed by atoms with Crippen molar-refractivity contribution in [3.8, 4) is 23.0 Å². The maximum Gasteiger partial charge on any atom is 0.293 e. The van der Waals surface area contributed by atoms with Crippen molar-refractivity contribution in [3.05, 3.63) is 46.7 Å². The second-order valence-electron chi connectivity index (χ2n) is 5.91. The lowest BCUT2D eigenvalue weighted by atomic mass is 10.1. The molecule has 0 aliphatic carbocycles. The van der Waals surface area contributed by atoms with Gasteiger partial charge < -0.3 is 19.0 Å². The molecule has 1 aromatic carbocycles. The molecule has 0 amide bonds. The first-order chi connectivity index (χ1) is 12.7. The van der Waals surface area contributed by atoms with Gasteiger partial charge in [-0.2, -0.15) is 4.98 Å². The van der Waals surface area contributed by atoms with Crippen LogP contribution in [-0.4, -0.2) is 34.3 Å². The third kappa shape index (κ3) is 3.29. The zero-order valence-electron chi connectivity index (χ0n) is 13.8. The monoisotopic (exact) mass is 356 g/mol. The molecule has 0 spiro atoms. The summed E-state index contributed by atoms with van der Waals surface area (Å²) in [5.41, 5.74) is 0.836. The molecule has 9 heteroatoms. The number of nitro benzene ring substituents is 1. The molecule has 0 saturated carbocycles. The summed E-state index contributed by atoms with van der Waals surface area (Å²) in [6.07, 6.45) is 3.56. The zero-order chi connectivity index (χ0) is 17.9. The number of ether oxygens (including phenoxy) is 1. The van der Waals surface area contributed by atoms with E-state index in [1.165, 1.54) is 12.3 Å². The number of nitrogens with zero attached hydrogens (tertiary/aromatic N) is 3. The van der Waals surface area contributed by atoms with E-state index in [4.69, 9.17) is 13.7 Å². The van der Waals surface area contributed by atoms with Gasteiger partial charge in [-0.15, -0.1) is 0 Å². The molecule has 3 heterocycles.